The zero-order valence-electron chi connectivity index (χ0n) is 10.9. The predicted molar refractivity (Wildman–Crippen MR) is 70.3 cm³/mol. The van der Waals surface area contributed by atoms with Crippen LogP contribution in [-0.4, -0.2) is 12.7 Å². The maximum absolute atomic E-state index is 5.86. The zero-order chi connectivity index (χ0) is 12.4. The van der Waals surface area contributed by atoms with E-state index < -0.39 is 0 Å². The number of hydrogen-bond acceptors (Lipinski definition) is 3. The number of ether oxygens (including phenoxy) is 1. The first-order valence-electron chi connectivity index (χ1n) is 6.97. The SMILES string of the molecule is CC1COc2ccccc2C1NOC1CCCC1. The molecule has 3 heteroatoms. The van der Waals surface area contributed by atoms with Crippen molar-refractivity contribution in [3.05, 3.63) is 29.8 Å². The number of hydrogen-bond donors (Lipinski definition) is 1. The lowest BCUT2D eigenvalue weighted by Gasteiger charge is -2.32. The summed E-state index contributed by atoms with van der Waals surface area (Å²) >= 11 is 0. The van der Waals surface area contributed by atoms with E-state index >= 15 is 0 Å². The summed E-state index contributed by atoms with van der Waals surface area (Å²) in [7, 11) is 0. The van der Waals surface area contributed by atoms with Crippen molar-refractivity contribution >= 4 is 0 Å². The van der Waals surface area contributed by atoms with E-state index in [4.69, 9.17) is 9.57 Å². The number of benzene rings is 1. The summed E-state index contributed by atoms with van der Waals surface area (Å²) in [4.78, 5) is 5.86. The molecule has 1 aliphatic heterocycles. The van der Waals surface area contributed by atoms with Crippen molar-refractivity contribution < 1.29 is 9.57 Å². The number of nitrogens with one attached hydrogen (secondary N) is 1. The van der Waals surface area contributed by atoms with Crippen LogP contribution in [0.25, 0.3) is 0 Å². The highest BCUT2D eigenvalue weighted by molar-refractivity contribution is 5.37. The largest absolute Gasteiger partial charge is 0.493 e. The third-order valence-electron chi connectivity index (χ3n) is 3.99. The molecule has 1 fully saturated rings. The molecule has 2 aliphatic rings. The van der Waals surface area contributed by atoms with Crippen LogP contribution in [0.2, 0.25) is 0 Å². The molecule has 18 heavy (non-hydrogen) atoms. The molecule has 3 nitrogen and oxygen atoms in total. The Kier molecular flexibility index (Phi) is 3.52. The standard InChI is InChI=1S/C15H21NO2/c1-11-10-17-14-9-5-4-8-13(14)15(11)16-18-12-6-2-3-7-12/h4-5,8-9,11-12,15-16H,2-3,6-7,10H2,1H3. The molecule has 1 heterocycles. The minimum absolute atomic E-state index is 0.246. The molecule has 1 aromatic rings. The monoisotopic (exact) mass is 247 g/mol. The molecule has 0 aromatic heterocycles. The Hall–Kier alpha value is -1.06. The number of hydroxylamine groups is 1. The summed E-state index contributed by atoms with van der Waals surface area (Å²) in [6.45, 7) is 2.95. The lowest BCUT2D eigenvalue weighted by molar-refractivity contribution is -0.0577. The van der Waals surface area contributed by atoms with E-state index in [0.29, 0.717) is 12.0 Å². The maximum Gasteiger partial charge on any atom is 0.124 e. The van der Waals surface area contributed by atoms with Crippen molar-refractivity contribution in [3.63, 3.8) is 0 Å². The summed E-state index contributed by atoms with van der Waals surface area (Å²) in [5, 5.41) is 0. The van der Waals surface area contributed by atoms with Crippen molar-refractivity contribution in [2.24, 2.45) is 5.92 Å². The molecule has 0 bridgehead atoms. The van der Waals surface area contributed by atoms with Gasteiger partial charge in [0.25, 0.3) is 0 Å². The van der Waals surface area contributed by atoms with E-state index in [-0.39, 0.29) is 6.04 Å². The second kappa shape index (κ2) is 5.29. The van der Waals surface area contributed by atoms with Crippen LogP contribution in [-0.2, 0) is 4.84 Å². The number of rotatable bonds is 3. The Balaban J connectivity index is 1.69. The van der Waals surface area contributed by atoms with Crippen LogP contribution in [0.5, 0.6) is 5.75 Å². The maximum atomic E-state index is 5.86. The van der Waals surface area contributed by atoms with Crippen molar-refractivity contribution in [1.29, 1.82) is 0 Å². The highest BCUT2D eigenvalue weighted by Crippen LogP contribution is 2.35. The van der Waals surface area contributed by atoms with Crippen LogP contribution >= 0.6 is 0 Å². The van der Waals surface area contributed by atoms with E-state index in [1.165, 1.54) is 31.2 Å². The van der Waals surface area contributed by atoms with Gasteiger partial charge in [0.05, 0.1) is 18.8 Å². The van der Waals surface area contributed by atoms with E-state index in [0.717, 1.165) is 12.4 Å². The molecule has 0 saturated heterocycles. The topological polar surface area (TPSA) is 30.5 Å². The van der Waals surface area contributed by atoms with Crippen molar-refractivity contribution in [1.82, 2.24) is 5.48 Å². The molecule has 0 amide bonds. The molecule has 2 unspecified atom stereocenters. The summed E-state index contributed by atoms with van der Waals surface area (Å²) in [6.07, 6.45) is 5.36. The highest BCUT2D eigenvalue weighted by atomic mass is 16.7. The zero-order valence-corrected chi connectivity index (χ0v) is 10.9. The Labute approximate surface area is 108 Å². The summed E-state index contributed by atoms with van der Waals surface area (Å²) < 4.78 is 5.74. The van der Waals surface area contributed by atoms with Crippen LogP contribution in [0.15, 0.2) is 24.3 Å². The van der Waals surface area contributed by atoms with Crippen molar-refractivity contribution in [2.45, 2.75) is 44.8 Å². The minimum atomic E-state index is 0.246. The fourth-order valence-electron chi connectivity index (χ4n) is 2.85. The van der Waals surface area contributed by atoms with E-state index in [1.54, 1.807) is 0 Å². The summed E-state index contributed by atoms with van der Waals surface area (Å²) in [5.74, 6) is 1.42. The molecule has 1 aromatic carbocycles. The minimum Gasteiger partial charge on any atom is -0.493 e. The van der Waals surface area contributed by atoms with Gasteiger partial charge in [-0.15, -0.1) is 0 Å². The van der Waals surface area contributed by atoms with Crippen LogP contribution in [0.3, 0.4) is 0 Å². The second-order valence-electron chi connectivity index (χ2n) is 5.45. The fraction of sp³-hybridized carbons (Fsp3) is 0.600. The van der Waals surface area contributed by atoms with Gasteiger partial charge in [-0.2, -0.15) is 5.48 Å². The van der Waals surface area contributed by atoms with Gasteiger partial charge >= 0.3 is 0 Å². The van der Waals surface area contributed by atoms with Gasteiger partial charge in [-0.3, -0.25) is 4.84 Å². The van der Waals surface area contributed by atoms with Gasteiger partial charge in [0.2, 0.25) is 0 Å². The Bertz CT molecular complexity index is 401. The van der Waals surface area contributed by atoms with Crippen LogP contribution < -0.4 is 10.2 Å². The highest BCUT2D eigenvalue weighted by Gasteiger charge is 2.29. The van der Waals surface area contributed by atoms with Crippen LogP contribution in [0.1, 0.15) is 44.2 Å². The second-order valence-corrected chi connectivity index (χ2v) is 5.45. The quantitative estimate of drug-likeness (QED) is 0.832. The van der Waals surface area contributed by atoms with Crippen LogP contribution in [0, 0.1) is 5.92 Å². The summed E-state index contributed by atoms with van der Waals surface area (Å²) in [5.41, 5.74) is 4.51. The van der Waals surface area contributed by atoms with E-state index in [9.17, 15) is 0 Å². The number of fused-ring (bicyclic) bond motifs is 1. The van der Waals surface area contributed by atoms with Gasteiger partial charge < -0.3 is 4.74 Å². The van der Waals surface area contributed by atoms with E-state index in [1.807, 2.05) is 12.1 Å². The molecule has 98 valence electrons. The molecule has 1 N–H and O–H groups in total. The van der Waals surface area contributed by atoms with E-state index in [2.05, 4.69) is 24.5 Å². The molecule has 0 spiro atoms. The Morgan fingerprint density at radius 2 is 2.00 bits per heavy atom. The van der Waals surface area contributed by atoms with Crippen molar-refractivity contribution in [3.8, 4) is 5.75 Å². The van der Waals surface area contributed by atoms with Gasteiger partial charge in [-0.05, 0) is 18.9 Å². The third kappa shape index (κ3) is 2.38. The number of para-hydroxylation sites is 1. The average molecular weight is 247 g/mol. The first-order chi connectivity index (χ1) is 8.84. The van der Waals surface area contributed by atoms with Crippen molar-refractivity contribution in [2.75, 3.05) is 6.61 Å². The molecular formula is C15H21NO2. The lowest BCUT2D eigenvalue weighted by Crippen LogP contribution is -2.35. The van der Waals surface area contributed by atoms with Crippen LogP contribution in [0.4, 0.5) is 0 Å². The smallest absolute Gasteiger partial charge is 0.124 e. The van der Waals surface area contributed by atoms with Gasteiger partial charge in [0.15, 0.2) is 0 Å². The molecule has 1 aliphatic carbocycles. The van der Waals surface area contributed by atoms with Gasteiger partial charge in [-0.1, -0.05) is 38.0 Å². The first kappa shape index (κ1) is 12.0. The van der Waals surface area contributed by atoms with Gasteiger partial charge in [0, 0.05) is 11.5 Å². The molecule has 2 atom stereocenters. The molecule has 3 rings (SSSR count). The molecule has 1 saturated carbocycles. The Morgan fingerprint density at radius 3 is 2.83 bits per heavy atom. The van der Waals surface area contributed by atoms with Gasteiger partial charge in [0.1, 0.15) is 5.75 Å². The lowest BCUT2D eigenvalue weighted by atomic mass is 9.93. The third-order valence-corrected chi connectivity index (χ3v) is 3.99. The molecular weight excluding hydrogens is 226 g/mol. The Morgan fingerprint density at radius 1 is 1.22 bits per heavy atom. The average Bonchev–Trinajstić information content (AvgIpc) is 2.91. The summed E-state index contributed by atoms with van der Waals surface area (Å²) in [6, 6.07) is 8.48. The predicted octanol–water partition coefficient (Wildman–Crippen LogP) is 3.22. The first-order valence-corrected chi connectivity index (χ1v) is 6.97. The fourth-order valence-corrected chi connectivity index (χ4v) is 2.85. The molecule has 0 radical (unpaired) electrons. The van der Waals surface area contributed by atoms with Gasteiger partial charge in [-0.25, -0.2) is 0 Å². The normalized spacial score (nSPS) is 27.8.